The van der Waals surface area contributed by atoms with E-state index in [1.165, 1.54) is 25.3 Å². The molecule has 1 aliphatic carbocycles. The van der Waals surface area contributed by atoms with Crippen LogP contribution in [-0.2, 0) is 14.9 Å². The van der Waals surface area contributed by atoms with E-state index in [0.29, 0.717) is 12.3 Å². The molecule has 0 aliphatic heterocycles. The maximum absolute atomic E-state index is 11.7. The summed E-state index contributed by atoms with van der Waals surface area (Å²) < 4.78 is 36.2. The Labute approximate surface area is 106 Å². The van der Waals surface area contributed by atoms with E-state index >= 15 is 0 Å². The van der Waals surface area contributed by atoms with Gasteiger partial charge in [0, 0.05) is 6.07 Å². The van der Waals surface area contributed by atoms with Crippen LogP contribution in [0.4, 0.5) is 0 Å². The van der Waals surface area contributed by atoms with Gasteiger partial charge in [0.25, 0.3) is 10.1 Å². The van der Waals surface area contributed by atoms with Crippen molar-refractivity contribution in [1.29, 1.82) is 0 Å². The Kier molecular flexibility index (Phi) is 3.23. The summed E-state index contributed by atoms with van der Waals surface area (Å²) in [6.45, 7) is 0. The van der Waals surface area contributed by atoms with Crippen molar-refractivity contribution < 1.29 is 17.7 Å². The fourth-order valence-corrected chi connectivity index (χ4v) is 2.76. The zero-order valence-electron chi connectivity index (χ0n) is 9.78. The molecule has 0 fully saturated rings. The fourth-order valence-electron chi connectivity index (χ4n) is 1.84. The molecule has 0 amide bonds. The van der Waals surface area contributed by atoms with Crippen LogP contribution < -0.4 is 4.74 Å². The maximum Gasteiger partial charge on any atom is 0.283 e. The summed E-state index contributed by atoms with van der Waals surface area (Å²) in [5, 5.41) is 0. The third kappa shape index (κ3) is 2.04. The second-order valence-electron chi connectivity index (χ2n) is 3.87. The molecule has 96 valence electrons. The molecule has 0 aromatic carbocycles. The molecule has 1 aromatic heterocycles. The van der Waals surface area contributed by atoms with Crippen LogP contribution in [0, 0.1) is 0 Å². The van der Waals surface area contributed by atoms with E-state index < -0.39 is 14.9 Å². The smallest absolute Gasteiger partial charge is 0.283 e. The standard InChI is InChI=1S/C12H13NO4S/c1-17-11-7-5-6-10(13-11)12(18(14,15)16)8-3-2-4-9-12/h3-9H,2H2,1H3,(H,14,15,16). The molecule has 1 aromatic rings. The Morgan fingerprint density at radius 3 is 2.56 bits per heavy atom. The second kappa shape index (κ2) is 4.55. The van der Waals surface area contributed by atoms with Crippen LogP contribution in [0.1, 0.15) is 12.1 Å². The van der Waals surface area contributed by atoms with Crippen LogP contribution in [0.15, 0.2) is 42.5 Å². The summed E-state index contributed by atoms with van der Waals surface area (Å²) in [6, 6.07) is 4.78. The molecule has 1 aliphatic rings. The third-order valence-electron chi connectivity index (χ3n) is 2.76. The topological polar surface area (TPSA) is 76.5 Å². The van der Waals surface area contributed by atoms with Crippen molar-refractivity contribution in [1.82, 2.24) is 4.98 Å². The molecule has 1 N–H and O–H groups in total. The molecule has 5 nitrogen and oxygen atoms in total. The van der Waals surface area contributed by atoms with E-state index in [-0.39, 0.29) is 5.69 Å². The molecule has 0 radical (unpaired) electrons. The van der Waals surface area contributed by atoms with Crippen LogP contribution in [0.25, 0.3) is 0 Å². The first-order valence-corrected chi connectivity index (χ1v) is 6.77. The van der Waals surface area contributed by atoms with Gasteiger partial charge in [0.1, 0.15) is 0 Å². The summed E-state index contributed by atoms with van der Waals surface area (Å²) in [7, 11) is -2.91. The number of methoxy groups -OCH3 is 1. The molecule has 1 heterocycles. The SMILES string of the molecule is COc1cccc(C2(S(=O)(=O)O)C=CCC=C2)n1. The minimum Gasteiger partial charge on any atom is -0.481 e. The number of aromatic nitrogens is 1. The lowest BCUT2D eigenvalue weighted by Gasteiger charge is -2.25. The van der Waals surface area contributed by atoms with Gasteiger partial charge in [-0.2, -0.15) is 8.42 Å². The molecular weight excluding hydrogens is 254 g/mol. The average Bonchev–Trinajstić information content (AvgIpc) is 2.38. The summed E-state index contributed by atoms with van der Waals surface area (Å²) in [5.41, 5.74) is 0.205. The van der Waals surface area contributed by atoms with Crippen LogP contribution in [0.3, 0.4) is 0 Å². The number of pyridine rings is 1. The monoisotopic (exact) mass is 267 g/mol. The summed E-state index contributed by atoms with van der Waals surface area (Å²) in [5.74, 6) is 0.294. The third-order valence-corrected chi connectivity index (χ3v) is 4.10. The highest BCUT2D eigenvalue weighted by Gasteiger charge is 2.42. The Balaban J connectivity index is 2.64. The highest BCUT2D eigenvalue weighted by Crippen LogP contribution is 2.35. The summed E-state index contributed by atoms with van der Waals surface area (Å²) >= 11 is 0. The molecule has 0 bridgehead atoms. The molecule has 0 saturated carbocycles. The van der Waals surface area contributed by atoms with Gasteiger partial charge in [-0.3, -0.25) is 4.55 Å². The minimum atomic E-state index is -4.36. The first-order valence-electron chi connectivity index (χ1n) is 5.33. The van der Waals surface area contributed by atoms with Gasteiger partial charge in [-0.15, -0.1) is 0 Å². The molecule has 0 spiro atoms. The molecule has 2 rings (SSSR count). The number of ether oxygens (including phenoxy) is 1. The predicted octanol–water partition coefficient (Wildman–Crippen LogP) is 1.69. The van der Waals surface area contributed by atoms with Gasteiger partial charge in [0.2, 0.25) is 5.88 Å². The zero-order valence-corrected chi connectivity index (χ0v) is 10.6. The Hall–Kier alpha value is -1.66. The number of hydrogen-bond acceptors (Lipinski definition) is 4. The number of nitrogens with zero attached hydrogens (tertiary/aromatic N) is 1. The quantitative estimate of drug-likeness (QED) is 0.666. The molecular formula is C12H13NO4S. The maximum atomic E-state index is 11.7. The molecule has 0 unspecified atom stereocenters. The highest BCUT2D eigenvalue weighted by molar-refractivity contribution is 7.87. The van der Waals surface area contributed by atoms with Crippen LogP contribution in [-0.4, -0.2) is 25.1 Å². The van der Waals surface area contributed by atoms with Crippen molar-refractivity contribution in [2.24, 2.45) is 0 Å². The van der Waals surface area contributed by atoms with E-state index in [1.807, 2.05) is 0 Å². The van der Waals surface area contributed by atoms with Gasteiger partial charge in [-0.1, -0.05) is 30.4 Å². The molecule has 6 heteroatoms. The van der Waals surface area contributed by atoms with Crippen molar-refractivity contribution in [2.45, 2.75) is 11.2 Å². The van der Waals surface area contributed by atoms with Gasteiger partial charge in [0.15, 0.2) is 4.75 Å². The summed E-state index contributed by atoms with van der Waals surface area (Å²) in [6.07, 6.45) is 6.85. The average molecular weight is 267 g/mol. The number of allylic oxidation sites excluding steroid dienone is 2. The number of rotatable bonds is 3. The van der Waals surface area contributed by atoms with Gasteiger partial charge in [-0.05, 0) is 12.5 Å². The first-order chi connectivity index (χ1) is 8.49. The van der Waals surface area contributed by atoms with Gasteiger partial charge >= 0.3 is 0 Å². The summed E-state index contributed by atoms with van der Waals surface area (Å²) in [4.78, 5) is 4.09. The van der Waals surface area contributed by atoms with Crippen molar-refractivity contribution in [3.63, 3.8) is 0 Å². The first kappa shape index (κ1) is 12.8. The lowest BCUT2D eigenvalue weighted by atomic mass is 9.98. The van der Waals surface area contributed by atoms with Crippen LogP contribution >= 0.6 is 0 Å². The largest absolute Gasteiger partial charge is 0.481 e. The van der Waals surface area contributed by atoms with E-state index in [4.69, 9.17) is 4.74 Å². The Morgan fingerprint density at radius 2 is 2.00 bits per heavy atom. The van der Waals surface area contributed by atoms with Crippen molar-refractivity contribution in [2.75, 3.05) is 7.11 Å². The van der Waals surface area contributed by atoms with Crippen molar-refractivity contribution >= 4 is 10.1 Å². The number of hydrogen-bond donors (Lipinski definition) is 1. The lowest BCUT2D eigenvalue weighted by molar-refractivity contribution is 0.394. The van der Waals surface area contributed by atoms with Crippen LogP contribution in [0.2, 0.25) is 0 Å². The minimum absolute atomic E-state index is 0.205. The van der Waals surface area contributed by atoms with E-state index in [1.54, 1.807) is 24.3 Å². The van der Waals surface area contributed by atoms with Gasteiger partial charge in [-0.25, -0.2) is 4.98 Å². The molecule has 0 saturated heterocycles. The second-order valence-corrected chi connectivity index (χ2v) is 5.50. The van der Waals surface area contributed by atoms with E-state index in [0.717, 1.165) is 0 Å². The highest BCUT2D eigenvalue weighted by atomic mass is 32.2. The lowest BCUT2D eigenvalue weighted by Crippen LogP contribution is -2.33. The normalized spacial score (nSPS) is 17.7. The molecule has 0 atom stereocenters. The van der Waals surface area contributed by atoms with Crippen LogP contribution in [0.5, 0.6) is 5.88 Å². The predicted molar refractivity (Wildman–Crippen MR) is 66.9 cm³/mol. The van der Waals surface area contributed by atoms with E-state index in [9.17, 15) is 13.0 Å². The van der Waals surface area contributed by atoms with Crippen molar-refractivity contribution in [3.05, 3.63) is 48.2 Å². The van der Waals surface area contributed by atoms with E-state index in [2.05, 4.69) is 4.98 Å². The Bertz CT molecular complexity index is 592. The fraction of sp³-hybridized carbons (Fsp3) is 0.250. The molecule has 18 heavy (non-hydrogen) atoms. The van der Waals surface area contributed by atoms with Crippen molar-refractivity contribution in [3.8, 4) is 5.88 Å². The zero-order chi connectivity index (χ0) is 13.2. The Morgan fingerprint density at radius 1 is 1.33 bits per heavy atom. The van der Waals surface area contributed by atoms with Gasteiger partial charge < -0.3 is 4.74 Å². The van der Waals surface area contributed by atoms with Gasteiger partial charge in [0.05, 0.1) is 12.8 Å².